The Kier molecular flexibility index (Phi) is 6.14. The van der Waals surface area contributed by atoms with Gasteiger partial charge in [0.25, 0.3) is 0 Å². The zero-order chi connectivity index (χ0) is 15.6. The third-order valence-corrected chi connectivity index (χ3v) is 2.65. The molecular formula is C15H27N3O3. The standard InChI is InChI=1S/C7H12N2O.C7H11NO2.CH4/c1-5-8-6(9-10-5)7(2,3)4;1-7(2,3)5-4-6(9)10-8-5;/h1H2,2-4H3,(H,8,9);4H2,1-3H3;1H4. The first-order valence-corrected chi connectivity index (χ1v) is 6.48. The summed E-state index contributed by atoms with van der Waals surface area (Å²) in [7, 11) is 0. The number of hydrogen-bond donors (Lipinski definition) is 1. The van der Waals surface area contributed by atoms with Crippen molar-refractivity contribution in [3.8, 4) is 0 Å². The van der Waals surface area contributed by atoms with E-state index in [1.54, 1.807) is 0 Å². The van der Waals surface area contributed by atoms with E-state index in [0.29, 0.717) is 12.3 Å². The lowest BCUT2D eigenvalue weighted by molar-refractivity contribution is -0.140. The second kappa shape index (κ2) is 6.74. The molecule has 2 heterocycles. The highest BCUT2D eigenvalue weighted by Gasteiger charge is 2.27. The van der Waals surface area contributed by atoms with Crippen molar-refractivity contribution in [1.29, 1.82) is 0 Å². The van der Waals surface area contributed by atoms with Crippen molar-refractivity contribution in [2.45, 2.75) is 55.4 Å². The van der Waals surface area contributed by atoms with Crippen molar-refractivity contribution in [3.05, 3.63) is 12.5 Å². The molecule has 0 amide bonds. The summed E-state index contributed by atoms with van der Waals surface area (Å²) in [5, 5.41) is 3.66. The summed E-state index contributed by atoms with van der Waals surface area (Å²) in [5.41, 5.74) is 3.51. The second-order valence-corrected chi connectivity index (χ2v) is 6.74. The van der Waals surface area contributed by atoms with Crippen LogP contribution in [0.1, 0.15) is 55.4 Å². The maximum Gasteiger partial charge on any atom is 0.340 e. The van der Waals surface area contributed by atoms with Gasteiger partial charge in [-0.1, -0.05) is 54.1 Å². The molecule has 0 spiro atoms. The average molecular weight is 297 g/mol. The van der Waals surface area contributed by atoms with E-state index >= 15 is 0 Å². The van der Waals surface area contributed by atoms with E-state index in [2.05, 4.69) is 47.8 Å². The largest absolute Gasteiger partial charge is 0.361 e. The molecule has 0 radical (unpaired) electrons. The first-order valence-electron chi connectivity index (χ1n) is 6.48. The van der Waals surface area contributed by atoms with Crippen LogP contribution in [0, 0.1) is 10.8 Å². The van der Waals surface area contributed by atoms with E-state index in [1.807, 2.05) is 20.8 Å². The summed E-state index contributed by atoms with van der Waals surface area (Å²) in [6.45, 7) is 15.7. The second-order valence-electron chi connectivity index (χ2n) is 6.74. The first-order chi connectivity index (χ1) is 9.00. The molecule has 0 atom stereocenters. The van der Waals surface area contributed by atoms with Crippen LogP contribution < -0.4 is 5.48 Å². The minimum Gasteiger partial charge on any atom is -0.361 e. The highest BCUT2D eigenvalue weighted by Crippen LogP contribution is 2.22. The van der Waals surface area contributed by atoms with Crippen molar-refractivity contribution in [2.75, 3.05) is 0 Å². The van der Waals surface area contributed by atoms with Gasteiger partial charge in [-0.05, 0) is 6.58 Å². The number of rotatable bonds is 0. The van der Waals surface area contributed by atoms with Crippen LogP contribution in [0.3, 0.4) is 0 Å². The van der Waals surface area contributed by atoms with E-state index in [9.17, 15) is 4.79 Å². The molecule has 2 aliphatic rings. The van der Waals surface area contributed by atoms with Gasteiger partial charge in [0, 0.05) is 10.8 Å². The van der Waals surface area contributed by atoms with Gasteiger partial charge in [0.1, 0.15) is 5.84 Å². The number of hydrogen-bond acceptors (Lipinski definition) is 6. The molecule has 0 saturated carbocycles. The molecule has 120 valence electrons. The lowest BCUT2D eigenvalue weighted by Gasteiger charge is -2.16. The number of oxime groups is 1. The van der Waals surface area contributed by atoms with Gasteiger partial charge < -0.3 is 9.68 Å². The summed E-state index contributed by atoms with van der Waals surface area (Å²) in [6.07, 6.45) is 0.351. The maximum atomic E-state index is 10.6. The number of aliphatic imine (C=N–C) groups is 1. The van der Waals surface area contributed by atoms with Gasteiger partial charge in [-0.2, -0.15) is 4.99 Å². The van der Waals surface area contributed by atoms with E-state index < -0.39 is 0 Å². The maximum absolute atomic E-state index is 10.6. The van der Waals surface area contributed by atoms with Crippen LogP contribution in [0.25, 0.3) is 0 Å². The minimum atomic E-state index is -0.245. The monoisotopic (exact) mass is 297 g/mol. The Balaban J connectivity index is 0.000000364. The van der Waals surface area contributed by atoms with Crippen molar-refractivity contribution in [1.82, 2.24) is 5.48 Å². The topological polar surface area (TPSA) is 72.3 Å². The average Bonchev–Trinajstić information content (AvgIpc) is 2.85. The van der Waals surface area contributed by atoms with Crippen LogP contribution in [0.4, 0.5) is 0 Å². The molecule has 0 aliphatic carbocycles. The Morgan fingerprint density at radius 1 is 1.14 bits per heavy atom. The number of hydroxylamine groups is 1. The fourth-order valence-corrected chi connectivity index (χ4v) is 1.31. The van der Waals surface area contributed by atoms with Crippen molar-refractivity contribution in [3.63, 3.8) is 0 Å². The van der Waals surface area contributed by atoms with Gasteiger partial charge in [0.15, 0.2) is 0 Å². The highest BCUT2D eigenvalue weighted by molar-refractivity contribution is 6.04. The Morgan fingerprint density at radius 2 is 1.71 bits per heavy atom. The highest BCUT2D eigenvalue weighted by atomic mass is 16.7. The first kappa shape index (κ1) is 19.1. The van der Waals surface area contributed by atoms with E-state index in [-0.39, 0.29) is 24.2 Å². The van der Waals surface area contributed by atoms with E-state index in [1.165, 1.54) is 0 Å². The predicted octanol–water partition coefficient (Wildman–Crippen LogP) is 3.41. The van der Waals surface area contributed by atoms with Crippen LogP contribution >= 0.6 is 0 Å². The fourth-order valence-electron chi connectivity index (χ4n) is 1.31. The van der Waals surface area contributed by atoms with Crippen LogP contribution in [-0.2, 0) is 14.5 Å². The molecule has 21 heavy (non-hydrogen) atoms. The van der Waals surface area contributed by atoms with Crippen LogP contribution in [0.2, 0.25) is 0 Å². The van der Waals surface area contributed by atoms with Crippen LogP contribution in [0.5, 0.6) is 0 Å². The molecule has 2 aliphatic heterocycles. The smallest absolute Gasteiger partial charge is 0.340 e. The summed E-state index contributed by atoms with van der Waals surface area (Å²) in [4.78, 5) is 23.9. The number of carbonyl (C=O) groups excluding carboxylic acids is 1. The van der Waals surface area contributed by atoms with Gasteiger partial charge in [-0.15, -0.1) is 0 Å². The molecule has 0 fully saturated rings. The quantitative estimate of drug-likeness (QED) is 0.695. The van der Waals surface area contributed by atoms with E-state index in [4.69, 9.17) is 4.84 Å². The minimum absolute atomic E-state index is 0. The molecule has 1 N–H and O–H groups in total. The molecule has 0 aromatic carbocycles. The Labute approximate surface area is 127 Å². The van der Waals surface area contributed by atoms with Gasteiger partial charge in [0.2, 0.25) is 5.88 Å². The fraction of sp³-hybridized carbons (Fsp3) is 0.667. The molecule has 0 bridgehead atoms. The number of amidine groups is 1. The Morgan fingerprint density at radius 3 is 1.90 bits per heavy atom. The Bertz CT molecular complexity index is 466. The molecule has 0 saturated heterocycles. The van der Waals surface area contributed by atoms with E-state index in [0.717, 1.165) is 11.5 Å². The number of nitrogens with zero attached hydrogens (tertiary/aromatic N) is 2. The molecule has 6 nitrogen and oxygen atoms in total. The van der Waals surface area contributed by atoms with Crippen LogP contribution in [-0.4, -0.2) is 17.5 Å². The lowest BCUT2D eigenvalue weighted by Crippen LogP contribution is -2.30. The molecule has 0 aromatic rings. The molecular weight excluding hydrogens is 270 g/mol. The summed E-state index contributed by atoms with van der Waals surface area (Å²) in [5.74, 6) is 1.02. The van der Waals surface area contributed by atoms with Crippen LogP contribution in [0.15, 0.2) is 22.6 Å². The zero-order valence-electron chi connectivity index (χ0n) is 13.0. The number of carbonyl (C=O) groups is 1. The SMILES string of the molecule is C.C=C1N=C(C(C)(C)C)NO1.CC(C)(C)C1=NOC(=O)C1. The summed E-state index contributed by atoms with van der Waals surface area (Å²) >= 11 is 0. The third-order valence-electron chi connectivity index (χ3n) is 2.65. The van der Waals surface area contributed by atoms with Gasteiger partial charge in [-0.25, -0.2) is 10.3 Å². The molecule has 0 aromatic heterocycles. The lowest BCUT2D eigenvalue weighted by atomic mass is 9.88. The zero-order valence-corrected chi connectivity index (χ0v) is 13.0. The normalized spacial score (nSPS) is 17.4. The van der Waals surface area contributed by atoms with Crippen molar-refractivity contribution in [2.24, 2.45) is 21.0 Å². The molecule has 2 rings (SSSR count). The summed E-state index contributed by atoms with van der Waals surface area (Å²) < 4.78 is 0. The van der Waals surface area contributed by atoms with Crippen molar-refractivity contribution >= 4 is 17.5 Å². The Hall–Kier alpha value is -1.85. The molecule has 0 unspecified atom stereocenters. The third kappa shape index (κ3) is 5.97. The van der Waals surface area contributed by atoms with Gasteiger partial charge >= 0.3 is 5.97 Å². The molecule has 6 heteroatoms. The van der Waals surface area contributed by atoms with Gasteiger partial charge in [-0.3, -0.25) is 0 Å². The van der Waals surface area contributed by atoms with Gasteiger partial charge in [0.05, 0.1) is 12.1 Å². The summed E-state index contributed by atoms with van der Waals surface area (Å²) in [6, 6.07) is 0. The van der Waals surface area contributed by atoms with Crippen molar-refractivity contribution < 1.29 is 14.5 Å². The number of nitrogens with one attached hydrogen (secondary N) is 1. The predicted molar refractivity (Wildman–Crippen MR) is 84.6 cm³/mol.